The number of anilines is 2. The third kappa shape index (κ3) is 5.17. The molecule has 0 saturated heterocycles. The van der Waals surface area contributed by atoms with Crippen molar-refractivity contribution >= 4 is 57.2 Å². The molecule has 0 atom stereocenters. The van der Waals surface area contributed by atoms with Crippen LogP contribution in [0.15, 0.2) is 48.5 Å². The molecule has 2 N–H and O–H groups in total. The number of hydrogen-bond acceptors (Lipinski definition) is 3. The summed E-state index contributed by atoms with van der Waals surface area (Å²) in [5.74, 6) is -0.217. The second kappa shape index (κ2) is 8.98. The molecule has 0 aliphatic heterocycles. The lowest BCUT2D eigenvalue weighted by atomic mass is 10.2. The quantitative estimate of drug-likeness (QED) is 0.525. The van der Waals surface area contributed by atoms with Gasteiger partial charge < -0.3 is 10.2 Å². The highest BCUT2D eigenvalue weighted by Crippen LogP contribution is 2.17. The lowest BCUT2D eigenvalue weighted by Gasteiger charge is -2.21. The first-order valence-corrected chi connectivity index (χ1v) is 9.25. The molecule has 6 heteroatoms. The fraction of sp³-hybridized carbons (Fsp3) is 0.222. The molecule has 0 saturated carbocycles. The SMILES string of the molecule is CCN(CC)c1ccc(NC(=S)NC(=O)c2cccc(I)c2)cc1. The van der Waals surface area contributed by atoms with Gasteiger partial charge in [0, 0.05) is 33.6 Å². The maximum absolute atomic E-state index is 12.2. The van der Waals surface area contributed by atoms with Crippen LogP contribution >= 0.6 is 34.8 Å². The summed E-state index contributed by atoms with van der Waals surface area (Å²) in [5, 5.41) is 6.02. The van der Waals surface area contributed by atoms with E-state index in [1.807, 2.05) is 42.5 Å². The largest absolute Gasteiger partial charge is 0.372 e. The number of thiocarbonyl (C=S) groups is 1. The van der Waals surface area contributed by atoms with Crippen LogP contribution in [0.2, 0.25) is 0 Å². The van der Waals surface area contributed by atoms with E-state index in [1.165, 1.54) is 5.69 Å². The van der Waals surface area contributed by atoms with Crippen molar-refractivity contribution in [1.82, 2.24) is 5.32 Å². The predicted molar refractivity (Wildman–Crippen MR) is 113 cm³/mol. The fourth-order valence-electron chi connectivity index (χ4n) is 2.31. The third-order valence-electron chi connectivity index (χ3n) is 3.57. The highest BCUT2D eigenvalue weighted by molar-refractivity contribution is 14.1. The number of carbonyl (C=O) groups is 1. The summed E-state index contributed by atoms with van der Waals surface area (Å²) in [6.07, 6.45) is 0. The molecule has 0 radical (unpaired) electrons. The lowest BCUT2D eigenvalue weighted by Crippen LogP contribution is -2.34. The van der Waals surface area contributed by atoms with Gasteiger partial charge in [0.2, 0.25) is 0 Å². The Bertz CT molecular complexity index is 714. The van der Waals surface area contributed by atoms with Crippen LogP contribution in [0.3, 0.4) is 0 Å². The number of nitrogens with one attached hydrogen (secondary N) is 2. The topological polar surface area (TPSA) is 44.4 Å². The first kappa shape index (κ1) is 18.7. The fourth-order valence-corrected chi connectivity index (χ4v) is 3.07. The van der Waals surface area contributed by atoms with Gasteiger partial charge in [-0.05, 0) is 91.1 Å². The van der Waals surface area contributed by atoms with E-state index in [0.717, 1.165) is 22.3 Å². The number of hydrogen-bond donors (Lipinski definition) is 2. The third-order valence-corrected chi connectivity index (χ3v) is 4.44. The summed E-state index contributed by atoms with van der Waals surface area (Å²) in [5.41, 5.74) is 2.60. The summed E-state index contributed by atoms with van der Waals surface area (Å²) in [7, 11) is 0. The minimum atomic E-state index is -0.217. The van der Waals surface area contributed by atoms with Gasteiger partial charge in [-0.1, -0.05) is 6.07 Å². The summed E-state index contributed by atoms with van der Waals surface area (Å²) in [6.45, 7) is 6.19. The van der Waals surface area contributed by atoms with E-state index in [0.29, 0.717) is 5.56 Å². The summed E-state index contributed by atoms with van der Waals surface area (Å²) in [6, 6.07) is 15.4. The van der Waals surface area contributed by atoms with Crippen LogP contribution in [-0.4, -0.2) is 24.1 Å². The molecule has 4 nitrogen and oxygen atoms in total. The van der Waals surface area contributed by atoms with Crippen LogP contribution in [0.25, 0.3) is 0 Å². The Balaban J connectivity index is 1.96. The van der Waals surface area contributed by atoms with Gasteiger partial charge in [0.25, 0.3) is 5.91 Å². The zero-order valence-electron chi connectivity index (χ0n) is 13.7. The predicted octanol–water partition coefficient (Wildman–Crippen LogP) is 4.26. The number of halogens is 1. The second-order valence-corrected chi connectivity index (χ2v) is 6.79. The minimum absolute atomic E-state index is 0.217. The van der Waals surface area contributed by atoms with Crippen LogP contribution in [0, 0.1) is 3.57 Å². The van der Waals surface area contributed by atoms with E-state index in [1.54, 1.807) is 6.07 Å². The molecule has 24 heavy (non-hydrogen) atoms. The van der Waals surface area contributed by atoms with Gasteiger partial charge in [0.05, 0.1) is 0 Å². The Hall–Kier alpha value is -1.67. The van der Waals surface area contributed by atoms with Gasteiger partial charge >= 0.3 is 0 Å². The van der Waals surface area contributed by atoms with Gasteiger partial charge in [-0.25, -0.2) is 0 Å². The lowest BCUT2D eigenvalue weighted by molar-refractivity contribution is 0.0977. The normalized spacial score (nSPS) is 10.1. The summed E-state index contributed by atoms with van der Waals surface area (Å²) in [4.78, 5) is 14.4. The van der Waals surface area contributed by atoms with Crippen molar-refractivity contribution in [1.29, 1.82) is 0 Å². The molecule has 2 rings (SSSR count). The number of amides is 1. The molecule has 0 aliphatic carbocycles. The molecule has 126 valence electrons. The monoisotopic (exact) mass is 453 g/mol. The molecule has 0 aliphatic rings. The minimum Gasteiger partial charge on any atom is -0.372 e. The molecule has 0 spiro atoms. The van der Waals surface area contributed by atoms with Gasteiger partial charge in [-0.15, -0.1) is 0 Å². The maximum Gasteiger partial charge on any atom is 0.257 e. The van der Waals surface area contributed by atoms with Crippen LogP contribution in [0.5, 0.6) is 0 Å². The zero-order chi connectivity index (χ0) is 17.5. The van der Waals surface area contributed by atoms with Gasteiger partial charge in [0.15, 0.2) is 5.11 Å². The molecule has 0 unspecified atom stereocenters. The summed E-state index contributed by atoms with van der Waals surface area (Å²) < 4.78 is 1.01. The Morgan fingerprint density at radius 1 is 1.12 bits per heavy atom. The van der Waals surface area contributed by atoms with Gasteiger partial charge in [-0.2, -0.15) is 0 Å². The Morgan fingerprint density at radius 3 is 2.38 bits per heavy atom. The molecular formula is C18H20IN3OS. The van der Waals surface area contributed by atoms with Crippen molar-refractivity contribution in [2.45, 2.75) is 13.8 Å². The van der Waals surface area contributed by atoms with Crippen LogP contribution < -0.4 is 15.5 Å². The van der Waals surface area contributed by atoms with Crippen molar-refractivity contribution in [3.8, 4) is 0 Å². The Morgan fingerprint density at radius 2 is 1.79 bits per heavy atom. The molecule has 0 aromatic heterocycles. The van der Waals surface area contributed by atoms with E-state index in [4.69, 9.17) is 12.2 Å². The van der Waals surface area contributed by atoms with Crippen molar-refractivity contribution in [3.63, 3.8) is 0 Å². The Kier molecular flexibility index (Phi) is 6.99. The zero-order valence-corrected chi connectivity index (χ0v) is 16.6. The van der Waals surface area contributed by atoms with Crippen molar-refractivity contribution in [3.05, 3.63) is 57.7 Å². The maximum atomic E-state index is 12.2. The van der Waals surface area contributed by atoms with Crippen molar-refractivity contribution in [2.75, 3.05) is 23.3 Å². The molecule has 1 amide bonds. The van der Waals surface area contributed by atoms with Crippen LogP contribution in [-0.2, 0) is 0 Å². The molecule has 0 heterocycles. The average Bonchev–Trinajstić information content (AvgIpc) is 2.57. The van der Waals surface area contributed by atoms with Crippen molar-refractivity contribution in [2.24, 2.45) is 0 Å². The van der Waals surface area contributed by atoms with E-state index in [2.05, 4.69) is 52.0 Å². The molecule has 0 bridgehead atoms. The average molecular weight is 453 g/mol. The van der Waals surface area contributed by atoms with E-state index in [-0.39, 0.29) is 11.0 Å². The van der Waals surface area contributed by atoms with E-state index in [9.17, 15) is 4.79 Å². The molecule has 0 fully saturated rings. The highest BCUT2D eigenvalue weighted by Gasteiger charge is 2.08. The first-order chi connectivity index (χ1) is 11.5. The first-order valence-electron chi connectivity index (χ1n) is 7.76. The number of rotatable bonds is 5. The molecule has 2 aromatic carbocycles. The van der Waals surface area contributed by atoms with Crippen molar-refractivity contribution < 1.29 is 4.79 Å². The Labute approximate surface area is 161 Å². The second-order valence-electron chi connectivity index (χ2n) is 5.14. The standard InChI is InChI=1S/C18H20IN3OS/c1-3-22(4-2)16-10-8-15(9-11-16)20-18(24)21-17(23)13-6-5-7-14(19)12-13/h5-12H,3-4H2,1-2H3,(H2,20,21,23,24). The van der Waals surface area contributed by atoms with Gasteiger partial charge in [-0.3, -0.25) is 10.1 Å². The summed E-state index contributed by atoms with van der Waals surface area (Å²) >= 11 is 7.39. The number of nitrogens with zero attached hydrogens (tertiary/aromatic N) is 1. The molecular weight excluding hydrogens is 433 g/mol. The van der Waals surface area contributed by atoms with E-state index < -0.39 is 0 Å². The van der Waals surface area contributed by atoms with Crippen LogP contribution in [0.4, 0.5) is 11.4 Å². The number of carbonyl (C=O) groups excluding carboxylic acids is 1. The highest BCUT2D eigenvalue weighted by atomic mass is 127. The number of benzene rings is 2. The van der Waals surface area contributed by atoms with E-state index >= 15 is 0 Å². The van der Waals surface area contributed by atoms with Gasteiger partial charge in [0.1, 0.15) is 0 Å². The molecule has 2 aromatic rings. The van der Waals surface area contributed by atoms with Crippen LogP contribution in [0.1, 0.15) is 24.2 Å². The smallest absolute Gasteiger partial charge is 0.257 e.